The molecule has 16 rings (SSSR count). The van der Waals surface area contributed by atoms with E-state index in [1.807, 2.05) is 177 Å². The number of furan rings is 2. The smallest absolute Gasteiger partial charge is 0.501 e. The van der Waals surface area contributed by atoms with Gasteiger partial charge in [0.15, 0.2) is 0 Å². The zero-order valence-electron chi connectivity index (χ0n) is 65.2. The third-order valence-corrected chi connectivity index (χ3v) is 17.9. The van der Waals surface area contributed by atoms with Crippen LogP contribution in [0, 0.1) is 30.3 Å². The van der Waals surface area contributed by atoms with Gasteiger partial charge in [-0.2, -0.15) is 0 Å². The zero-order chi connectivity index (χ0) is 76.9. The van der Waals surface area contributed by atoms with Gasteiger partial charge >= 0.3 is 20.1 Å². The van der Waals surface area contributed by atoms with Crippen molar-refractivity contribution in [1.29, 1.82) is 0 Å². The number of hydrogen-bond acceptors (Lipinski definition) is 10. The monoisotopic (exact) mass is 1810 g/mol. The van der Waals surface area contributed by atoms with Crippen LogP contribution in [0.1, 0.15) is 152 Å². The molecule has 1 radical (unpaired) electrons. The minimum Gasteiger partial charge on any atom is -0.501 e. The summed E-state index contributed by atoms with van der Waals surface area (Å²) in [6.45, 7) is 26.3. The largest absolute Gasteiger partial charge is 3.00 e. The van der Waals surface area contributed by atoms with Crippen molar-refractivity contribution in [3.05, 3.63) is 350 Å². The molecule has 0 spiro atoms. The first-order valence-corrected chi connectivity index (χ1v) is 36.8. The molecule has 0 aliphatic carbocycles. The van der Waals surface area contributed by atoms with E-state index in [4.69, 9.17) is 19.0 Å². The molecule has 0 unspecified atom stereocenters. The van der Waals surface area contributed by atoms with Gasteiger partial charge < -0.3 is 44.0 Å². The van der Waals surface area contributed by atoms with E-state index < -0.39 is 0 Å². The van der Waals surface area contributed by atoms with E-state index in [2.05, 4.69) is 253 Å². The van der Waals surface area contributed by atoms with Gasteiger partial charge in [0.2, 0.25) is 0 Å². The normalized spacial score (nSPS) is 10.5. The summed E-state index contributed by atoms with van der Waals surface area (Å²) in [5.41, 5.74) is 23.5. The molecule has 0 saturated carbocycles. The molecule has 0 amide bonds. The SMILES string of the molecule is CC(C)c1ccnc(-c2[c-]ccc3c2oc2ccccc23)c1.CC(C)c1ccnc(-c2[c-]cccc2)c1.CC(C)c1ccnc(-c2[c-]cccc2)c1.CC(C)c1ccnc(-c2[c-]cccc2)c1.CC(C)c1ccnc(-c2[c-]cccc2)c1.CC(C)c1ccnc(-c2cccc3c2oc2ccccc23)c1.CO.CO.[Ir+3].[Ir]. The van der Waals surface area contributed by atoms with Gasteiger partial charge in [-0.05, 0) is 130 Å². The van der Waals surface area contributed by atoms with Gasteiger partial charge in [0.25, 0.3) is 0 Å². The second-order valence-electron chi connectivity index (χ2n) is 27.4. The number of aromatic nitrogens is 6. The van der Waals surface area contributed by atoms with E-state index in [1.54, 1.807) is 0 Å². The predicted octanol–water partition coefficient (Wildman–Crippen LogP) is 25.2. The second-order valence-corrected chi connectivity index (χ2v) is 27.4. The maximum absolute atomic E-state index is 7.00. The summed E-state index contributed by atoms with van der Waals surface area (Å²) in [6, 6.07) is 99.5. The molecule has 0 saturated heterocycles. The Kier molecular flexibility index (Phi) is 34.9. The van der Waals surface area contributed by atoms with Crippen molar-refractivity contribution in [3.8, 4) is 67.5 Å². The van der Waals surface area contributed by atoms with Crippen molar-refractivity contribution in [2.24, 2.45) is 0 Å². The molecule has 563 valence electrons. The minimum absolute atomic E-state index is 0. The van der Waals surface area contributed by atoms with Crippen molar-refractivity contribution in [1.82, 2.24) is 29.9 Å². The van der Waals surface area contributed by atoms with Crippen molar-refractivity contribution in [2.45, 2.75) is 119 Å². The van der Waals surface area contributed by atoms with Crippen LogP contribution in [-0.2, 0) is 40.2 Å². The first-order chi connectivity index (χ1) is 52.6. The molecule has 2 N–H and O–H groups in total. The van der Waals surface area contributed by atoms with Crippen LogP contribution in [0.5, 0.6) is 0 Å². The van der Waals surface area contributed by atoms with Gasteiger partial charge in [0.05, 0.1) is 11.3 Å². The van der Waals surface area contributed by atoms with Crippen molar-refractivity contribution < 1.29 is 59.3 Å². The predicted molar refractivity (Wildman–Crippen MR) is 448 cm³/mol. The number of rotatable bonds is 12. The molecule has 8 aromatic carbocycles. The summed E-state index contributed by atoms with van der Waals surface area (Å²) in [7, 11) is 2.00. The summed E-state index contributed by atoms with van der Waals surface area (Å²) in [5.74, 6) is 3.10. The number of para-hydroxylation sites is 3. The van der Waals surface area contributed by atoms with Crippen LogP contribution >= 0.6 is 0 Å². The second kappa shape index (κ2) is 44.2. The topological polar surface area (TPSA) is 144 Å². The number of hydrogen-bond donors (Lipinski definition) is 2. The molecule has 8 aromatic heterocycles. The molecule has 12 heteroatoms. The van der Waals surface area contributed by atoms with Crippen LogP contribution in [0.2, 0.25) is 0 Å². The van der Waals surface area contributed by atoms with Crippen molar-refractivity contribution in [3.63, 3.8) is 0 Å². The van der Waals surface area contributed by atoms with E-state index in [-0.39, 0.29) is 40.2 Å². The molecular weight excluding hydrogens is 1710 g/mol. The summed E-state index contributed by atoms with van der Waals surface area (Å²) >= 11 is 0. The molecule has 10 nitrogen and oxygen atoms in total. The maximum Gasteiger partial charge on any atom is 3.00 e. The van der Waals surface area contributed by atoms with Crippen LogP contribution in [0.3, 0.4) is 0 Å². The van der Waals surface area contributed by atoms with E-state index in [0.29, 0.717) is 35.5 Å². The Labute approximate surface area is 678 Å². The molecule has 16 aromatic rings. The Morgan fingerprint density at radius 1 is 0.264 bits per heavy atom. The van der Waals surface area contributed by atoms with Gasteiger partial charge in [-0.15, -0.1) is 162 Å². The fourth-order valence-electron chi connectivity index (χ4n) is 11.7. The Morgan fingerprint density at radius 3 is 0.864 bits per heavy atom. The summed E-state index contributed by atoms with van der Waals surface area (Å²) in [6.07, 6.45) is 11.2. The standard InChI is InChI=1S/C20H17NO.C20H16NO.4C14H14N.2CH4O.2Ir/c2*1-13(2)14-10-11-21-18(12-14)17-8-5-7-16-15-6-3-4-9-19(15)22-20(16)17;4*1-11(2)13-8-9-15-14(10-13)12-6-4-3-5-7-12;2*1-2;;/h3-13H,1-2H3;3-7,9-13H,1-2H3;4*3-6,8-11H,1-2H3;2*2H,1H3;;/q;5*-1;;;;+3. The Balaban J connectivity index is 0.000000183. The molecule has 0 atom stereocenters. The summed E-state index contributed by atoms with van der Waals surface area (Å²) in [4.78, 5) is 26.5. The van der Waals surface area contributed by atoms with Gasteiger partial charge in [0, 0.05) is 93.2 Å². The Hall–Kier alpha value is -10.5. The van der Waals surface area contributed by atoms with Crippen LogP contribution < -0.4 is 0 Å². The van der Waals surface area contributed by atoms with Crippen molar-refractivity contribution >= 4 is 43.9 Å². The number of fused-ring (bicyclic) bond motifs is 6. The Bertz CT molecular complexity index is 4870. The number of pyridine rings is 6. The molecule has 0 bridgehead atoms. The number of benzene rings is 8. The van der Waals surface area contributed by atoms with Crippen molar-refractivity contribution in [2.75, 3.05) is 14.2 Å². The zero-order valence-corrected chi connectivity index (χ0v) is 70.0. The van der Waals surface area contributed by atoms with Crippen LogP contribution in [0.4, 0.5) is 0 Å². The molecule has 8 heterocycles. The molecule has 0 aliphatic heterocycles. The average Bonchev–Trinajstić information content (AvgIpc) is 1.61. The first-order valence-electron chi connectivity index (χ1n) is 36.8. The van der Waals surface area contributed by atoms with E-state index in [9.17, 15) is 0 Å². The fraction of sp³-hybridized carbons (Fsp3) is 0.204. The van der Waals surface area contributed by atoms with Crippen LogP contribution in [-0.4, -0.2) is 54.3 Å². The van der Waals surface area contributed by atoms with Gasteiger partial charge in [-0.3, -0.25) is 4.98 Å². The van der Waals surface area contributed by atoms with Gasteiger partial charge in [-0.25, -0.2) is 0 Å². The van der Waals surface area contributed by atoms with Gasteiger partial charge in [-0.1, -0.05) is 201 Å². The van der Waals surface area contributed by atoms with E-state index in [1.165, 1.54) is 33.4 Å². The quantitative estimate of drug-likeness (QED) is 0.113. The van der Waals surface area contributed by atoms with E-state index >= 15 is 0 Å². The minimum atomic E-state index is 0. The van der Waals surface area contributed by atoms with Crippen LogP contribution in [0.15, 0.2) is 295 Å². The number of aliphatic hydroxyl groups is 2. The molecular formula is C98H97Ir2N6O4-2. The molecule has 0 aliphatic rings. The fourth-order valence-corrected chi connectivity index (χ4v) is 11.7. The van der Waals surface area contributed by atoms with Crippen LogP contribution in [0.25, 0.3) is 111 Å². The van der Waals surface area contributed by atoms with E-state index in [0.717, 1.165) is 126 Å². The average molecular weight is 1810 g/mol. The summed E-state index contributed by atoms with van der Waals surface area (Å²) < 4.78 is 12.2. The summed E-state index contributed by atoms with van der Waals surface area (Å²) in [5, 5.41) is 18.5. The maximum atomic E-state index is 7.00. The third-order valence-electron chi connectivity index (χ3n) is 17.9. The third kappa shape index (κ3) is 23.7. The first kappa shape index (κ1) is 86.7. The molecule has 0 fully saturated rings. The number of nitrogens with zero attached hydrogens (tertiary/aromatic N) is 6. The number of aliphatic hydroxyl groups excluding tert-OH is 2. The van der Waals surface area contributed by atoms with Gasteiger partial charge in [0.1, 0.15) is 16.7 Å². The Morgan fingerprint density at radius 2 is 0.536 bits per heavy atom. The molecule has 110 heavy (non-hydrogen) atoms.